The van der Waals surface area contributed by atoms with Crippen molar-refractivity contribution < 1.29 is 0 Å². The number of hydrogen-bond acceptors (Lipinski definition) is 4. The van der Waals surface area contributed by atoms with Crippen molar-refractivity contribution in [3.63, 3.8) is 0 Å². The third-order valence-electron chi connectivity index (χ3n) is 4.34. The van der Waals surface area contributed by atoms with Gasteiger partial charge in [0.05, 0.1) is 10.7 Å². The summed E-state index contributed by atoms with van der Waals surface area (Å²) in [4.78, 5) is 17.0. The number of anilines is 1. The van der Waals surface area contributed by atoms with Gasteiger partial charge in [0.1, 0.15) is 11.5 Å². The minimum Gasteiger partial charge on any atom is -0.354 e. The number of nitrogens with one attached hydrogen (secondary N) is 1. The molecule has 1 fully saturated rings. The predicted octanol–water partition coefficient (Wildman–Crippen LogP) is 3.03. The molecule has 1 aliphatic rings. The predicted molar refractivity (Wildman–Crippen MR) is 94.0 cm³/mol. The Kier molecular flexibility index (Phi) is 3.67. The summed E-state index contributed by atoms with van der Waals surface area (Å²) in [5.74, 6) is 1.03. The molecule has 4 heterocycles. The molecule has 0 aliphatic carbocycles. The van der Waals surface area contributed by atoms with E-state index in [0.29, 0.717) is 5.02 Å². The lowest BCUT2D eigenvalue weighted by Crippen LogP contribution is -2.44. The van der Waals surface area contributed by atoms with Gasteiger partial charge in [-0.2, -0.15) is 0 Å². The summed E-state index contributed by atoms with van der Waals surface area (Å²) in [5, 5.41) is 1.63. The van der Waals surface area contributed by atoms with Gasteiger partial charge in [-0.25, -0.2) is 9.97 Å². The maximum absolute atomic E-state index is 6.09. The molecule has 4 rings (SSSR count). The maximum atomic E-state index is 6.09. The van der Waals surface area contributed by atoms with E-state index in [4.69, 9.17) is 16.6 Å². The van der Waals surface area contributed by atoms with Crippen LogP contribution in [0.1, 0.15) is 0 Å². The van der Waals surface area contributed by atoms with E-state index in [1.807, 2.05) is 18.3 Å². The Morgan fingerprint density at radius 1 is 1.17 bits per heavy atom. The molecule has 3 aromatic rings. The van der Waals surface area contributed by atoms with Crippen LogP contribution in [0.3, 0.4) is 0 Å². The number of piperazine rings is 1. The lowest BCUT2D eigenvalue weighted by atomic mass is 10.1. The third-order valence-corrected chi connectivity index (χ3v) is 4.54. The van der Waals surface area contributed by atoms with Gasteiger partial charge in [-0.05, 0) is 25.2 Å². The standard InChI is InChI=1S/C17H18ClN5/c1-22-5-7-23(8-6-22)16-4-2-3-15(21-16)14-11-20-17-13(14)9-12(18)10-19-17/h2-4,9-11H,5-8H2,1H3,(H,19,20). The highest BCUT2D eigenvalue weighted by Gasteiger charge is 2.16. The average molecular weight is 328 g/mol. The molecule has 0 amide bonds. The number of likely N-dealkylation sites (N-methyl/N-ethyl adjacent to an activating group) is 1. The zero-order valence-corrected chi connectivity index (χ0v) is 13.7. The van der Waals surface area contributed by atoms with Gasteiger partial charge in [-0.15, -0.1) is 0 Å². The van der Waals surface area contributed by atoms with Gasteiger partial charge in [0.2, 0.25) is 0 Å². The SMILES string of the molecule is CN1CCN(c2cccc(-c3c[nH]c4ncc(Cl)cc34)n2)CC1. The summed E-state index contributed by atoms with van der Waals surface area (Å²) in [7, 11) is 2.16. The van der Waals surface area contributed by atoms with Crippen molar-refractivity contribution in [2.24, 2.45) is 0 Å². The fourth-order valence-electron chi connectivity index (χ4n) is 2.97. The van der Waals surface area contributed by atoms with E-state index < -0.39 is 0 Å². The van der Waals surface area contributed by atoms with Crippen LogP contribution in [0.25, 0.3) is 22.3 Å². The lowest BCUT2D eigenvalue weighted by molar-refractivity contribution is 0.312. The highest BCUT2D eigenvalue weighted by atomic mass is 35.5. The van der Waals surface area contributed by atoms with Gasteiger partial charge in [-0.1, -0.05) is 17.7 Å². The minimum atomic E-state index is 0.633. The lowest BCUT2D eigenvalue weighted by Gasteiger charge is -2.33. The topological polar surface area (TPSA) is 48.0 Å². The number of halogens is 1. The van der Waals surface area contributed by atoms with Gasteiger partial charge < -0.3 is 14.8 Å². The molecular weight excluding hydrogens is 310 g/mol. The fourth-order valence-corrected chi connectivity index (χ4v) is 3.13. The van der Waals surface area contributed by atoms with Crippen molar-refractivity contribution in [3.05, 3.63) is 41.7 Å². The van der Waals surface area contributed by atoms with Crippen LogP contribution in [-0.2, 0) is 0 Å². The number of aromatic nitrogens is 3. The number of nitrogens with zero attached hydrogens (tertiary/aromatic N) is 4. The van der Waals surface area contributed by atoms with Crippen molar-refractivity contribution in [2.75, 3.05) is 38.1 Å². The average Bonchev–Trinajstić information content (AvgIpc) is 2.98. The summed E-state index contributed by atoms with van der Waals surface area (Å²) < 4.78 is 0. The Morgan fingerprint density at radius 3 is 2.83 bits per heavy atom. The molecule has 0 radical (unpaired) electrons. The molecule has 0 aromatic carbocycles. The van der Waals surface area contributed by atoms with Crippen molar-refractivity contribution in [1.29, 1.82) is 0 Å². The molecule has 0 bridgehead atoms. The largest absolute Gasteiger partial charge is 0.354 e. The van der Waals surface area contributed by atoms with Crippen LogP contribution in [0, 0.1) is 0 Å². The smallest absolute Gasteiger partial charge is 0.138 e. The van der Waals surface area contributed by atoms with Crippen LogP contribution in [0.5, 0.6) is 0 Å². The number of hydrogen-bond donors (Lipinski definition) is 1. The van der Waals surface area contributed by atoms with Crippen molar-refractivity contribution in [1.82, 2.24) is 19.9 Å². The first-order valence-corrected chi connectivity index (χ1v) is 8.12. The van der Waals surface area contributed by atoms with Crippen molar-refractivity contribution >= 4 is 28.5 Å². The normalized spacial score (nSPS) is 16.2. The zero-order chi connectivity index (χ0) is 15.8. The Balaban J connectivity index is 1.71. The van der Waals surface area contributed by atoms with Crippen LogP contribution < -0.4 is 4.90 Å². The van der Waals surface area contributed by atoms with Crippen LogP contribution >= 0.6 is 11.6 Å². The second-order valence-corrected chi connectivity index (χ2v) is 6.36. The van der Waals surface area contributed by atoms with E-state index in [2.05, 4.69) is 38.9 Å². The molecule has 118 valence electrons. The second-order valence-electron chi connectivity index (χ2n) is 5.92. The molecule has 3 aromatic heterocycles. The Labute approximate surface area is 139 Å². The molecule has 0 spiro atoms. The van der Waals surface area contributed by atoms with Gasteiger partial charge in [-0.3, -0.25) is 0 Å². The summed E-state index contributed by atoms with van der Waals surface area (Å²) in [6.45, 7) is 4.15. The van der Waals surface area contributed by atoms with Gasteiger partial charge >= 0.3 is 0 Å². The third kappa shape index (κ3) is 2.78. The van der Waals surface area contributed by atoms with Gasteiger partial charge in [0, 0.05) is 49.5 Å². The van der Waals surface area contributed by atoms with Crippen LogP contribution in [0.4, 0.5) is 5.82 Å². The Morgan fingerprint density at radius 2 is 2.00 bits per heavy atom. The maximum Gasteiger partial charge on any atom is 0.138 e. The molecule has 0 unspecified atom stereocenters. The molecule has 0 atom stereocenters. The first-order chi connectivity index (χ1) is 11.2. The first-order valence-electron chi connectivity index (χ1n) is 7.74. The van der Waals surface area contributed by atoms with E-state index >= 15 is 0 Å². The van der Waals surface area contributed by atoms with E-state index in [1.54, 1.807) is 6.20 Å². The highest BCUT2D eigenvalue weighted by molar-refractivity contribution is 6.31. The van der Waals surface area contributed by atoms with E-state index in [9.17, 15) is 0 Å². The fraction of sp³-hybridized carbons (Fsp3) is 0.294. The first kappa shape index (κ1) is 14.5. The van der Waals surface area contributed by atoms with E-state index in [1.165, 1.54) is 0 Å². The molecule has 1 N–H and O–H groups in total. The van der Waals surface area contributed by atoms with Gasteiger partial charge in [0.15, 0.2) is 0 Å². The van der Waals surface area contributed by atoms with Crippen LogP contribution in [-0.4, -0.2) is 53.1 Å². The number of pyridine rings is 2. The molecule has 5 nitrogen and oxygen atoms in total. The quantitative estimate of drug-likeness (QED) is 0.786. The minimum absolute atomic E-state index is 0.633. The molecule has 0 saturated carbocycles. The number of H-pyrrole nitrogens is 1. The van der Waals surface area contributed by atoms with Crippen molar-refractivity contribution in [2.45, 2.75) is 0 Å². The summed E-state index contributed by atoms with van der Waals surface area (Å²) in [6, 6.07) is 8.10. The van der Waals surface area contributed by atoms with Crippen LogP contribution in [0.2, 0.25) is 5.02 Å². The van der Waals surface area contributed by atoms with Crippen LogP contribution in [0.15, 0.2) is 36.7 Å². The number of fused-ring (bicyclic) bond motifs is 1. The Bertz CT molecular complexity index is 836. The molecule has 23 heavy (non-hydrogen) atoms. The Hall–Kier alpha value is -2.11. The number of rotatable bonds is 2. The van der Waals surface area contributed by atoms with E-state index in [0.717, 1.165) is 54.3 Å². The number of aromatic amines is 1. The van der Waals surface area contributed by atoms with Crippen molar-refractivity contribution in [3.8, 4) is 11.3 Å². The molecular formula is C17H18ClN5. The summed E-state index contributed by atoms with van der Waals surface area (Å²) in [6.07, 6.45) is 3.60. The van der Waals surface area contributed by atoms with E-state index in [-0.39, 0.29) is 0 Å². The van der Waals surface area contributed by atoms with Gasteiger partial charge in [0.25, 0.3) is 0 Å². The second kappa shape index (κ2) is 5.83. The zero-order valence-electron chi connectivity index (χ0n) is 13.0. The monoisotopic (exact) mass is 327 g/mol. The summed E-state index contributed by atoms with van der Waals surface area (Å²) in [5.41, 5.74) is 2.80. The molecule has 1 aliphatic heterocycles. The summed E-state index contributed by atoms with van der Waals surface area (Å²) >= 11 is 6.09. The molecule has 1 saturated heterocycles. The molecule has 6 heteroatoms. The highest BCUT2D eigenvalue weighted by Crippen LogP contribution is 2.29.